The number of benzene rings is 1. The SMILES string of the molecule is COCC(Br)CCc1ccc([N+](=O)[O-])cc1Cl. The van der Waals surface area contributed by atoms with Crippen LogP contribution in [0.15, 0.2) is 18.2 Å². The Labute approximate surface area is 113 Å². The number of hydrogen-bond acceptors (Lipinski definition) is 3. The lowest BCUT2D eigenvalue weighted by Gasteiger charge is -2.09. The van der Waals surface area contributed by atoms with Crippen molar-refractivity contribution in [2.45, 2.75) is 17.7 Å². The quantitative estimate of drug-likeness (QED) is 0.457. The summed E-state index contributed by atoms with van der Waals surface area (Å²) in [5.41, 5.74) is 0.934. The van der Waals surface area contributed by atoms with Crippen LogP contribution in [0.1, 0.15) is 12.0 Å². The van der Waals surface area contributed by atoms with Crippen LogP contribution >= 0.6 is 27.5 Å². The minimum Gasteiger partial charge on any atom is -0.384 e. The molecule has 0 aliphatic carbocycles. The molecule has 94 valence electrons. The summed E-state index contributed by atoms with van der Waals surface area (Å²) in [5, 5.41) is 11.0. The van der Waals surface area contributed by atoms with Gasteiger partial charge in [0.05, 0.1) is 16.6 Å². The van der Waals surface area contributed by atoms with Crippen molar-refractivity contribution in [2.75, 3.05) is 13.7 Å². The first kappa shape index (κ1) is 14.4. The highest BCUT2D eigenvalue weighted by Gasteiger charge is 2.11. The Morgan fingerprint density at radius 3 is 2.82 bits per heavy atom. The van der Waals surface area contributed by atoms with E-state index in [0.717, 1.165) is 18.4 Å². The molecule has 17 heavy (non-hydrogen) atoms. The summed E-state index contributed by atoms with van der Waals surface area (Å²) in [4.78, 5) is 10.4. The van der Waals surface area contributed by atoms with Crippen molar-refractivity contribution >= 4 is 33.2 Å². The first-order valence-electron chi connectivity index (χ1n) is 5.10. The number of alkyl halides is 1. The maximum absolute atomic E-state index is 10.5. The van der Waals surface area contributed by atoms with Gasteiger partial charge in [0.15, 0.2) is 0 Å². The first-order chi connectivity index (χ1) is 8.04. The van der Waals surface area contributed by atoms with Crippen LogP contribution in [0, 0.1) is 10.1 Å². The summed E-state index contributed by atoms with van der Waals surface area (Å²) in [6, 6.07) is 4.56. The Hall–Kier alpha value is -0.650. The number of hydrogen-bond donors (Lipinski definition) is 0. The second-order valence-electron chi connectivity index (χ2n) is 3.62. The Morgan fingerprint density at radius 2 is 2.29 bits per heavy atom. The fraction of sp³-hybridized carbons (Fsp3) is 0.455. The van der Waals surface area contributed by atoms with Crippen LogP contribution in [0.4, 0.5) is 5.69 Å². The second kappa shape index (κ2) is 6.93. The number of halogens is 2. The molecule has 1 atom stereocenters. The molecule has 0 bridgehead atoms. The Balaban J connectivity index is 2.63. The molecule has 1 unspecified atom stereocenters. The zero-order valence-electron chi connectivity index (χ0n) is 9.36. The lowest BCUT2D eigenvalue weighted by molar-refractivity contribution is -0.384. The molecule has 0 aliphatic heterocycles. The number of methoxy groups -OCH3 is 1. The molecule has 0 radical (unpaired) electrons. The molecule has 6 heteroatoms. The average Bonchev–Trinajstić information content (AvgIpc) is 2.27. The molecule has 1 aromatic rings. The molecule has 0 fully saturated rings. The molecular formula is C11H13BrClNO3. The van der Waals surface area contributed by atoms with E-state index in [2.05, 4.69) is 15.9 Å². The molecule has 0 N–H and O–H groups in total. The van der Waals surface area contributed by atoms with Gasteiger partial charge in [0.2, 0.25) is 0 Å². The van der Waals surface area contributed by atoms with E-state index < -0.39 is 4.92 Å². The van der Waals surface area contributed by atoms with E-state index in [1.165, 1.54) is 12.1 Å². The van der Waals surface area contributed by atoms with E-state index >= 15 is 0 Å². The minimum absolute atomic E-state index is 0.0195. The predicted octanol–water partition coefficient (Wildman–Crippen LogP) is 3.59. The van der Waals surface area contributed by atoms with Gasteiger partial charge < -0.3 is 4.74 Å². The average molecular weight is 323 g/mol. The molecular weight excluding hydrogens is 309 g/mol. The van der Waals surface area contributed by atoms with E-state index in [4.69, 9.17) is 16.3 Å². The van der Waals surface area contributed by atoms with Gasteiger partial charge in [0.25, 0.3) is 5.69 Å². The van der Waals surface area contributed by atoms with Crippen molar-refractivity contribution < 1.29 is 9.66 Å². The third kappa shape index (κ3) is 4.61. The number of nitro benzene ring substituents is 1. The van der Waals surface area contributed by atoms with Crippen LogP contribution in [0.25, 0.3) is 0 Å². The number of ether oxygens (including phenoxy) is 1. The lowest BCUT2D eigenvalue weighted by atomic mass is 10.1. The summed E-state index contributed by atoms with van der Waals surface area (Å²) in [6.07, 6.45) is 1.63. The van der Waals surface area contributed by atoms with Gasteiger partial charge in [-0.3, -0.25) is 10.1 Å². The monoisotopic (exact) mass is 321 g/mol. The van der Waals surface area contributed by atoms with E-state index in [9.17, 15) is 10.1 Å². The van der Waals surface area contributed by atoms with Crippen molar-refractivity contribution in [3.63, 3.8) is 0 Å². The van der Waals surface area contributed by atoms with Crippen molar-refractivity contribution in [3.05, 3.63) is 38.9 Å². The van der Waals surface area contributed by atoms with E-state index in [-0.39, 0.29) is 10.5 Å². The van der Waals surface area contributed by atoms with Crippen LogP contribution in [-0.2, 0) is 11.2 Å². The Bertz CT molecular complexity index is 400. The highest BCUT2D eigenvalue weighted by Crippen LogP contribution is 2.24. The number of nitrogens with zero attached hydrogens (tertiary/aromatic N) is 1. The van der Waals surface area contributed by atoms with Crippen molar-refractivity contribution in [1.29, 1.82) is 0 Å². The van der Waals surface area contributed by atoms with Gasteiger partial charge in [-0.1, -0.05) is 33.6 Å². The van der Waals surface area contributed by atoms with Gasteiger partial charge in [0, 0.05) is 24.1 Å². The second-order valence-corrected chi connectivity index (χ2v) is 5.33. The number of nitro groups is 1. The van der Waals surface area contributed by atoms with Crippen LogP contribution in [0.2, 0.25) is 5.02 Å². The third-order valence-corrected chi connectivity index (χ3v) is 3.40. The zero-order chi connectivity index (χ0) is 12.8. The van der Waals surface area contributed by atoms with Gasteiger partial charge >= 0.3 is 0 Å². The molecule has 0 aliphatic rings. The van der Waals surface area contributed by atoms with Crippen molar-refractivity contribution in [3.8, 4) is 0 Å². The maximum Gasteiger partial charge on any atom is 0.270 e. The first-order valence-corrected chi connectivity index (χ1v) is 6.39. The normalized spacial score (nSPS) is 12.4. The molecule has 0 saturated carbocycles. The van der Waals surface area contributed by atoms with Gasteiger partial charge in [-0.05, 0) is 18.4 Å². The summed E-state index contributed by atoms with van der Waals surface area (Å²) < 4.78 is 5.00. The van der Waals surface area contributed by atoms with Crippen LogP contribution in [0.3, 0.4) is 0 Å². The van der Waals surface area contributed by atoms with Gasteiger partial charge in [-0.15, -0.1) is 0 Å². The largest absolute Gasteiger partial charge is 0.384 e. The zero-order valence-corrected chi connectivity index (χ0v) is 11.7. The van der Waals surface area contributed by atoms with E-state index in [1.807, 2.05) is 0 Å². The van der Waals surface area contributed by atoms with Crippen LogP contribution in [-0.4, -0.2) is 23.5 Å². The molecule has 0 amide bonds. The topological polar surface area (TPSA) is 52.4 Å². The van der Waals surface area contributed by atoms with Crippen molar-refractivity contribution in [1.82, 2.24) is 0 Å². The molecule has 4 nitrogen and oxygen atoms in total. The lowest BCUT2D eigenvalue weighted by Crippen LogP contribution is -2.07. The van der Waals surface area contributed by atoms with Crippen molar-refractivity contribution in [2.24, 2.45) is 0 Å². The molecule has 0 spiro atoms. The number of aryl methyl sites for hydroxylation is 1. The van der Waals surface area contributed by atoms with Crippen LogP contribution in [0.5, 0.6) is 0 Å². The number of non-ortho nitro benzene ring substituents is 1. The Kier molecular flexibility index (Phi) is 5.88. The highest BCUT2D eigenvalue weighted by molar-refractivity contribution is 9.09. The highest BCUT2D eigenvalue weighted by atomic mass is 79.9. The van der Waals surface area contributed by atoms with E-state index in [0.29, 0.717) is 11.6 Å². The summed E-state index contributed by atoms with van der Waals surface area (Å²) in [7, 11) is 1.65. The molecule has 1 aromatic carbocycles. The maximum atomic E-state index is 10.5. The summed E-state index contributed by atoms with van der Waals surface area (Å²) in [6.45, 7) is 0.630. The molecule has 0 heterocycles. The predicted molar refractivity (Wildman–Crippen MR) is 71.0 cm³/mol. The van der Waals surface area contributed by atoms with Gasteiger partial charge in [-0.2, -0.15) is 0 Å². The fourth-order valence-electron chi connectivity index (χ4n) is 1.43. The van der Waals surface area contributed by atoms with Gasteiger partial charge in [0.1, 0.15) is 0 Å². The smallest absolute Gasteiger partial charge is 0.270 e. The van der Waals surface area contributed by atoms with Crippen LogP contribution < -0.4 is 0 Å². The summed E-state index contributed by atoms with van der Waals surface area (Å²) >= 11 is 9.46. The fourth-order valence-corrected chi connectivity index (χ4v) is 2.19. The van der Waals surface area contributed by atoms with E-state index in [1.54, 1.807) is 13.2 Å². The minimum atomic E-state index is -0.451. The standard InChI is InChI=1S/C11H13BrClNO3/c1-17-7-9(12)4-2-8-3-5-10(14(15)16)6-11(8)13/h3,5-6,9H,2,4,7H2,1H3. The molecule has 0 aromatic heterocycles. The summed E-state index contributed by atoms with van der Waals surface area (Å²) in [5.74, 6) is 0. The third-order valence-electron chi connectivity index (χ3n) is 2.32. The molecule has 0 saturated heterocycles. The molecule has 1 rings (SSSR count). The number of rotatable bonds is 6. The van der Waals surface area contributed by atoms with Gasteiger partial charge in [-0.25, -0.2) is 0 Å². The Morgan fingerprint density at radius 1 is 1.59 bits per heavy atom.